The van der Waals surface area contributed by atoms with Gasteiger partial charge in [0.1, 0.15) is 6.10 Å². The Labute approximate surface area is 125 Å². The molecule has 0 radical (unpaired) electrons. The van der Waals surface area contributed by atoms with Crippen LogP contribution >= 0.6 is 0 Å². The van der Waals surface area contributed by atoms with Crippen LogP contribution in [0.2, 0.25) is 0 Å². The van der Waals surface area contributed by atoms with Crippen molar-refractivity contribution in [3.05, 3.63) is 18.1 Å². The number of aryl methyl sites for hydroxylation is 1. The number of hydrogen-bond donors (Lipinski definition) is 1. The first-order valence-electron chi connectivity index (χ1n) is 7.47. The summed E-state index contributed by atoms with van der Waals surface area (Å²) in [5, 5.41) is 0. The van der Waals surface area contributed by atoms with Crippen LogP contribution in [0.3, 0.4) is 0 Å². The number of aromatic nitrogens is 2. The van der Waals surface area contributed by atoms with E-state index >= 15 is 0 Å². The molecule has 1 amide bonds. The van der Waals surface area contributed by atoms with Crippen molar-refractivity contribution in [1.82, 2.24) is 14.9 Å². The number of ether oxygens (including phenoxy) is 1. The molecule has 6 heteroatoms. The zero-order valence-corrected chi connectivity index (χ0v) is 13.0. The molecule has 0 unspecified atom stereocenters. The lowest BCUT2D eigenvalue weighted by molar-refractivity contribution is -0.135. The van der Waals surface area contributed by atoms with Gasteiger partial charge in [-0.15, -0.1) is 0 Å². The third-order valence-electron chi connectivity index (χ3n) is 3.87. The van der Waals surface area contributed by atoms with Gasteiger partial charge in [0.15, 0.2) is 0 Å². The average Bonchev–Trinajstić information content (AvgIpc) is 2.49. The smallest absolute Gasteiger partial charge is 0.239 e. The molecule has 1 aliphatic heterocycles. The molecule has 2 N–H and O–H groups in total. The van der Waals surface area contributed by atoms with Crippen molar-refractivity contribution in [2.24, 2.45) is 11.7 Å². The minimum atomic E-state index is -0.412. The summed E-state index contributed by atoms with van der Waals surface area (Å²) >= 11 is 0. The molecule has 0 aromatic carbocycles. The van der Waals surface area contributed by atoms with Crippen LogP contribution in [-0.4, -0.2) is 46.0 Å². The summed E-state index contributed by atoms with van der Waals surface area (Å²) in [6, 6.07) is -0.412. The number of nitrogens with two attached hydrogens (primary N) is 1. The average molecular weight is 292 g/mol. The zero-order valence-electron chi connectivity index (χ0n) is 13.0. The van der Waals surface area contributed by atoms with Crippen LogP contribution in [-0.2, 0) is 4.79 Å². The van der Waals surface area contributed by atoms with Crippen molar-refractivity contribution in [3.8, 4) is 5.88 Å². The predicted molar refractivity (Wildman–Crippen MR) is 79.8 cm³/mol. The number of hydrogen-bond acceptors (Lipinski definition) is 5. The minimum Gasteiger partial charge on any atom is -0.473 e. The Kier molecular flexibility index (Phi) is 5.12. The number of rotatable bonds is 4. The van der Waals surface area contributed by atoms with Gasteiger partial charge in [0.2, 0.25) is 11.8 Å². The largest absolute Gasteiger partial charge is 0.473 e. The normalized spacial score (nSPS) is 17.9. The quantitative estimate of drug-likeness (QED) is 0.900. The summed E-state index contributed by atoms with van der Waals surface area (Å²) in [7, 11) is 0. The fourth-order valence-corrected chi connectivity index (χ4v) is 2.36. The Morgan fingerprint density at radius 2 is 1.95 bits per heavy atom. The Morgan fingerprint density at radius 3 is 2.52 bits per heavy atom. The predicted octanol–water partition coefficient (Wildman–Crippen LogP) is 1.14. The number of carbonyl (C=O) groups excluding carboxylic acids is 1. The van der Waals surface area contributed by atoms with E-state index < -0.39 is 6.04 Å². The third kappa shape index (κ3) is 3.91. The van der Waals surface area contributed by atoms with Crippen molar-refractivity contribution in [2.75, 3.05) is 13.1 Å². The fourth-order valence-electron chi connectivity index (χ4n) is 2.36. The maximum atomic E-state index is 12.2. The van der Waals surface area contributed by atoms with Crippen LogP contribution in [0, 0.1) is 12.8 Å². The van der Waals surface area contributed by atoms with Gasteiger partial charge in [0, 0.05) is 38.3 Å². The topological polar surface area (TPSA) is 81.3 Å². The molecule has 0 spiro atoms. The molecule has 1 fully saturated rings. The molecule has 1 aromatic rings. The summed E-state index contributed by atoms with van der Waals surface area (Å²) in [5.41, 5.74) is 6.72. The second-order valence-electron chi connectivity index (χ2n) is 5.86. The van der Waals surface area contributed by atoms with Crippen molar-refractivity contribution >= 4 is 5.91 Å². The molecule has 0 aliphatic carbocycles. The molecule has 2 rings (SSSR count). The third-order valence-corrected chi connectivity index (χ3v) is 3.87. The van der Waals surface area contributed by atoms with Gasteiger partial charge in [-0.05, 0) is 12.8 Å². The Hall–Kier alpha value is -1.69. The maximum Gasteiger partial charge on any atom is 0.239 e. The molecule has 6 nitrogen and oxygen atoms in total. The van der Waals surface area contributed by atoms with E-state index in [0.717, 1.165) is 18.5 Å². The second-order valence-corrected chi connectivity index (χ2v) is 5.86. The van der Waals surface area contributed by atoms with E-state index in [-0.39, 0.29) is 17.9 Å². The molecule has 1 atom stereocenters. The van der Waals surface area contributed by atoms with E-state index in [0.29, 0.717) is 19.0 Å². The molecule has 0 bridgehead atoms. The lowest BCUT2D eigenvalue weighted by atomic mass is 10.0. The summed E-state index contributed by atoms with van der Waals surface area (Å²) < 4.78 is 5.88. The van der Waals surface area contributed by atoms with E-state index in [1.54, 1.807) is 12.4 Å². The lowest BCUT2D eigenvalue weighted by Gasteiger charge is -2.34. The first kappa shape index (κ1) is 15.7. The van der Waals surface area contributed by atoms with Crippen LogP contribution in [0.5, 0.6) is 5.88 Å². The number of amides is 1. The van der Waals surface area contributed by atoms with Crippen molar-refractivity contribution in [2.45, 2.75) is 45.8 Å². The molecule has 2 heterocycles. The van der Waals surface area contributed by atoms with Gasteiger partial charge in [0.25, 0.3) is 0 Å². The molecule has 21 heavy (non-hydrogen) atoms. The van der Waals surface area contributed by atoms with Crippen molar-refractivity contribution in [1.29, 1.82) is 0 Å². The first-order valence-corrected chi connectivity index (χ1v) is 7.47. The minimum absolute atomic E-state index is 0.0409. The number of likely N-dealkylation sites (tertiary alicyclic amines) is 1. The maximum absolute atomic E-state index is 12.2. The van der Waals surface area contributed by atoms with Gasteiger partial charge in [-0.25, -0.2) is 4.98 Å². The summed E-state index contributed by atoms with van der Waals surface area (Å²) in [6.45, 7) is 7.18. The van der Waals surface area contributed by atoms with E-state index in [1.807, 2.05) is 25.7 Å². The van der Waals surface area contributed by atoms with Gasteiger partial charge in [0.05, 0.1) is 11.7 Å². The van der Waals surface area contributed by atoms with E-state index in [1.165, 1.54) is 0 Å². The number of piperidine rings is 1. The molecule has 0 saturated carbocycles. The summed E-state index contributed by atoms with van der Waals surface area (Å²) in [4.78, 5) is 22.4. The molecular formula is C15H24N4O2. The number of carbonyl (C=O) groups is 1. The highest BCUT2D eigenvalue weighted by Gasteiger charge is 2.28. The van der Waals surface area contributed by atoms with Gasteiger partial charge in [-0.1, -0.05) is 13.8 Å². The Morgan fingerprint density at radius 1 is 1.33 bits per heavy atom. The standard InChI is InChI=1S/C15H24N4O2/c1-10(2)13(16)15(20)19-8-4-12(5-9-19)21-14-11(3)17-6-7-18-14/h6-7,10,12-13H,4-5,8-9,16H2,1-3H3/t13-/m0/s1. The molecule has 116 valence electrons. The highest BCUT2D eigenvalue weighted by molar-refractivity contribution is 5.82. The highest BCUT2D eigenvalue weighted by Crippen LogP contribution is 2.19. The van der Waals surface area contributed by atoms with Gasteiger partial charge < -0.3 is 15.4 Å². The monoisotopic (exact) mass is 292 g/mol. The van der Waals surface area contributed by atoms with Gasteiger partial charge in [-0.3, -0.25) is 9.78 Å². The molecule has 1 aliphatic rings. The summed E-state index contributed by atoms with van der Waals surface area (Å²) in [6.07, 6.45) is 4.96. The Bertz CT molecular complexity index is 484. The lowest BCUT2D eigenvalue weighted by Crippen LogP contribution is -2.50. The van der Waals surface area contributed by atoms with E-state index in [2.05, 4.69) is 9.97 Å². The van der Waals surface area contributed by atoms with Crippen LogP contribution < -0.4 is 10.5 Å². The second kappa shape index (κ2) is 6.85. The van der Waals surface area contributed by atoms with Gasteiger partial charge in [-0.2, -0.15) is 0 Å². The first-order chi connectivity index (χ1) is 9.99. The van der Waals surface area contributed by atoms with Crippen LogP contribution in [0.1, 0.15) is 32.4 Å². The van der Waals surface area contributed by atoms with E-state index in [9.17, 15) is 4.79 Å². The fraction of sp³-hybridized carbons (Fsp3) is 0.667. The SMILES string of the molecule is Cc1nccnc1OC1CCN(C(=O)[C@@H](N)C(C)C)CC1. The van der Waals surface area contributed by atoms with Crippen molar-refractivity contribution in [3.63, 3.8) is 0 Å². The summed E-state index contributed by atoms with van der Waals surface area (Å²) in [5.74, 6) is 0.786. The van der Waals surface area contributed by atoms with E-state index in [4.69, 9.17) is 10.5 Å². The molecule has 1 aromatic heterocycles. The van der Waals surface area contributed by atoms with Gasteiger partial charge >= 0.3 is 0 Å². The van der Waals surface area contributed by atoms with Crippen molar-refractivity contribution < 1.29 is 9.53 Å². The Balaban J connectivity index is 1.86. The molecular weight excluding hydrogens is 268 g/mol. The molecule has 1 saturated heterocycles. The van der Waals surface area contributed by atoms with Crippen LogP contribution in [0.25, 0.3) is 0 Å². The number of nitrogens with zero attached hydrogens (tertiary/aromatic N) is 3. The van der Waals surface area contributed by atoms with Crippen LogP contribution in [0.4, 0.5) is 0 Å². The van der Waals surface area contributed by atoms with Crippen LogP contribution in [0.15, 0.2) is 12.4 Å². The highest BCUT2D eigenvalue weighted by atomic mass is 16.5. The zero-order chi connectivity index (χ0) is 15.4.